The highest BCUT2D eigenvalue weighted by Gasteiger charge is 2.40. The molecule has 0 radical (unpaired) electrons. The third-order valence-corrected chi connectivity index (χ3v) is 4.18. The van der Waals surface area contributed by atoms with Crippen molar-refractivity contribution in [2.45, 2.75) is 31.8 Å². The van der Waals surface area contributed by atoms with Crippen LogP contribution >= 0.6 is 11.6 Å². The predicted molar refractivity (Wildman–Crippen MR) is 79.2 cm³/mol. The largest absolute Gasteiger partial charge is 0.383 e. The molecule has 0 aromatic carbocycles. The Morgan fingerprint density at radius 2 is 2.35 bits per heavy atom. The van der Waals surface area contributed by atoms with Crippen molar-refractivity contribution >= 4 is 17.3 Å². The van der Waals surface area contributed by atoms with Gasteiger partial charge in [0.25, 0.3) is 5.56 Å². The fraction of sp³-hybridized carbons (Fsp3) is 0.692. The van der Waals surface area contributed by atoms with E-state index < -0.39 is 0 Å². The number of halogens is 1. The summed E-state index contributed by atoms with van der Waals surface area (Å²) in [5, 5.41) is 7.56. The van der Waals surface area contributed by atoms with Gasteiger partial charge >= 0.3 is 0 Å². The van der Waals surface area contributed by atoms with Crippen LogP contribution in [-0.2, 0) is 11.3 Å². The monoisotopic (exact) mass is 300 g/mol. The summed E-state index contributed by atoms with van der Waals surface area (Å²) in [6, 6.07) is 0. The lowest BCUT2D eigenvalue weighted by Gasteiger charge is -2.31. The number of rotatable bonds is 7. The number of nitrogens with zero attached hydrogens (tertiary/aromatic N) is 2. The van der Waals surface area contributed by atoms with E-state index >= 15 is 0 Å². The molecule has 3 N–H and O–H groups in total. The van der Waals surface area contributed by atoms with Crippen LogP contribution < -0.4 is 16.6 Å². The molecule has 7 heteroatoms. The van der Waals surface area contributed by atoms with Gasteiger partial charge in [-0.1, -0.05) is 11.6 Å². The second-order valence-electron chi connectivity index (χ2n) is 5.41. The molecule has 0 spiro atoms. The number of nitrogens with two attached hydrogens (primary N) is 1. The molecule has 0 saturated heterocycles. The molecule has 1 heterocycles. The first kappa shape index (κ1) is 15.3. The maximum atomic E-state index is 12.1. The van der Waals surface area contributed by atoms with Crippen molar-refractivity contribution in [1.29, 1.82) is 0 Å². The first-order valence-electron chi connectivity index (χ1n) is 6.74. The van der Waals surface area contributed by atoms with Gasteiger partial charge in [0.2, 0.25) is 0 Å². The van der Waals surface area contributed by atoms with E-state index in [9.17, 15) is 4.79 Å². The van der Waals surface area contributed by atoms with E-state index in [0.717, 1.165) is 12.8 Å². The van der Waals surface area contributed by atoms with Crippen LogP contribution in [0.3, 0.4) is 0 Å². The molecule has 1 aliphatic carbocycles. The highest BCUT2D eigenvalue weighted by molar-refractivity contribution is 6.32. The molecule has 0 bridgehead atoms. The Hall–Kier alpha value is -1.11. The van der Waals surface area contributed by atoms with Crippen LogP contribution in [0.5, 0.6) is 0 Å². The molecule has 1 aromatic rings. The average molecular weight is 301 g/mol. The zero-order chi connectivity index (χ0) is 14.8. The van der Waals surface area contributed by atoms with Gasteiger partial charge < -0.3 is 15.8 Å². The molecule has 2 rings (SSSR count). The van der Waals surface area contributed by atoms with Gasteiger partial charge in [-0.15, -0.1) is 0 Å². The fourth-order valence-electron chi connectivity index (χ4n) is 2.24. The number of hydrogen-bond donors (Lipinski definition) is 2. The molecular weight excluding hydrogens is 280 g/mol. The summed E-state index contributed by atoms with van der Waals surface area (Å²) >= 11 is 6.15. The summed E-state index contributed by atoms with van der Waals surface area (Å²) < 4.78 is 6.23. The molecule has 6 nitrogen and oxygen atoms in total. The molecule has 20 heavy (non-hydrogen) atoms. The highest BCUT2D eigenvalue weighted by Crippen LogP contribution is 2.41. The topological polar surface area (TPSA) is 82.2 Å². The number of nitrogens with one attached hydrogen (secondary N) is 1. The summed E-state index contributed by atoms with van der Waals surface area (Å²) in [5.41, 5.74) is 5.84. The summed E-state index contributed by atoms with van der Waals surface area (Å²) in [6.45, 7) is 3.34. The van der Waals surface area contributed by atoms with Crippen LogP contribution in [0.15, 0.2) is 11.0 Å². The van der Waals surface area contributed by atoms with E-state index in [2.05, 4.69) is 17.3 Å². The van der Waals surface area contributed by atoms with Crippen LogP contribution in [0.4, 0.5) is 5.69 Å². The van der Waals surface area contributed by atoms with Crippen molar-refractivity contribution in [3.05, 3.63) is 21.6 Å². The van der Waals surface area contributed by atoms with Gasteiger partial charge in [-0.25, -0.2) is 4.68 Å². The van der Waals surface area contributed by atoms with Gasteiger partial charge in [0, 0.05) is 19.2 Å². The fourth-order valence-corrected chi connectivity index (χ4v) is 2.43. The Morgan fingerprint density at radius 3 is 2.90 bits per heavy atom. The van der Waals surface area contributed by atoms with Gasteiger partial charge in [-0.2, -0.15) is 5.10 Å². The quantitative estimate of drug-likeness (QED) is 0.787. The molecule has 1 saturated carbocycles. The minimum atomic E-state index is -0.316. The molecule has 1 aromatic heterocycles. The smallest absolute Gasteiger partial charge is 0.287 e. The predicted octanol–water partition coefficient (Wildman–Crippen LogP) is 1.08. The number of aromatic nitrogens is 2. The Morgan fingerprint density at radius 1 is 1.65 bits per heavy atom. The molecule has 112 valence electrons. The van der Waals surface area contributed by atoms with Crippen molar-refractivity contribution in [2.24, 2.45) is 11.7 Å². The molecule has 1 atom stereocenters. The zero-order valence-electron chi connectivity index (χ0n) is 11.9. The summed E-state index contributed by atoms with van der Waals surface area (Å²) in [5.74, 6) is 0.527. The van der Waals surface area contributed by atoms with E-state index in [4.69, 9.17) is 22.1 Å². The number of methoxy groups -OCH3 is 1. The van der Waals surface area contributed by atoms with E-state index in [1.165, 1.54) is 4.68 Å². The number of anilines is 1. The Balaban J connectivity index is 2.20. The number of ether oxygens (including phenoxy) is 1. The van der Waals surface area contributed by atoms with Gasteiger partial charge in [0.1, 0.15) is 5.02 Å². The third kappa shape index (κ3) is 3.13. The van der Waals surface area contributed by atoms with Gasteiger partial charge in [0.15, 0.2) is 0 Å². The minimum Gasteiger partial charge on any atom is -0.383 e. The van der Waals surface area contributed by atoms with E-state index in [1.807, 2.05) is 0 Å². The lowest BCUT2D eigenvalue weighted by molar-refractivity contribution is 0.182. The highest BCUT2D eigenvalue weighted by atomic mass is 35.5. The second kappa shape index (κ2) is 6.11. The van der Waals surface area contributed by atoms with E-state index in [0.29, 0.717) is 31.3 Å². The summed E-state index contributed by atoms with van der Waals surface area (Å²) in [4.78, 5) is 12.1. The first-order chi connectivity index (χ1) is 9.51. The van der Waals surface area contributed by atoms with Crippen LogP contribution in [0.25, 0.3) is 0 Å². The lowest BCUT2D eigenvalue weighted by atomic mass is 9.96. The van der Waals surface area contributed by atoms with Crippen molar-refractivity contribution < 1.29 is 4.74 Å². The first-order valence-corrected chi connectivity index (χ1v) is 7.12. The molecule has 0 aliphatic heterocycles. The molecule has 1 unspecified atom stereocenters. The van der Waals surface area contributed by atoms with Crippen molar-refractivity contribution in [3.63, 3.8) is 0 Å². The average Bonchev–Trinajstić information content (AvgIpc) is 3.28. The van der Waals surface area contributed by atoms with Crippen molar-refractivity contribution in [2.75, 3.05) is 25.6 Å². The third-order valence-electron chi connectivity index (χ3n) is 3.81. The van der Waals surface area contributed by atoms with Crippen molar-refractivity contribution in [1.82, 2.24) is 9.78 Å². The molecule has 1 fully saturated rings. The lowest BCUT2D eigenvalue weighted by Crippen LogP contribution is -2.45. The normalized spacial score (nSPS) is 17.8. The minimum absolute atomic E-state index is 0.149. The van der Waals surface area contributed by atoms with Crippen LogP contribution in [0, 0.1) is 5.92 Å². The Kier molecular flexibility index (Phi) is 4.67. The van der Waals surface area contributed by atoms with Crippen LogP contribution in [0.1, 0.15) is 19.8 Å². The van der Waals surface area contributed by atoms with Gasteiger partial charge in [-0.3, -0.25) is 4.79 Å². The van der Waals surface area contributed by atoms with Crippen molar-refractivity contribution in [3.8, 4) is 0 Å². The van der Waals surface area contributed by atoms with Gasteiger partial charge in [-0.05, 0) is 25.7 Å². The number of hydrogen-bond acceptors (Lipinski definition) is 5. The Labute approximate surface area is 123 Å². The molecular formula is C13H21ClN4O2. The zero-order valence-corrected chi connectivity index (χ0v) is 12.6. The van der Waals surface area contributed by atoms with E-state index in [1.54, 1.807) is 13.3 Å². The summed E-state index contributed by atoms with van der Waals surface area (Å²) in [7, 11) is 1.57. The standard InChI is InChI=1S/C13H21ClN4O2/c1-13(8-15,9-3-4-9)17-10-7-16-18(5-6-20-2)12(19)11(10)14/h7,9,17H,3-6,8,15H2,1-2H3. The maximum Gasteiger partial charge on any atom is 0.287 e. The van der Waals surface area contributed by atoms with Crippen LogP contribution in [-0.4, -0.2) is 35.6 Å². The summed E-state index contributed by atoms with van der Waals surface area (Å²) in [6.07, 6.45) is 3.88. The van der Waals surface area contributed by atoms with E-state index in [-0.39, 0.29) is 16.1 Å². The second-order valence-corrected chi connectivity index (χ2v) is 5.79. The van der Waals surface area contributed by atoms with Crippen LogP contribution in [0.2, 0.25) is 5.02 Å². The maximum absolute atomic E-state index is 12.1. The van der Waals surface area contributed by atoms with Gasteiger partial charge in [0.05, 0.1) is 25.0 Å². The molecule has 0 amide bonds. The molecule has 1 aliphatic rings. The SMILES string of the molecule is COCCn1ncc(NC(C)(CN)C2CC2)c(Cl)c1=O. The Bertz CT molecular complexity index is 530.